The summed E-state index contributed by atoms with van der Waals surface area (Å²) in [4.78, 5) is 8.11. The van der Waals surface area contributed by atoms with Crippen LogP contribution in [0, 0.1) is 0 Å². The normalized spacial score (nSPS) is 16.9. The Kier molecular flexibility index (Phi) is 2.81. The lowest BCUT2D eigenvalue weighted by molar-refractivity contribution is 0.201. The lowest BCUT2D eigenvalue weighted by atomic mass is 10.3. The topological polar surface area (TPSA) is 47.0 Å². The van der Waals surface area contributed by atoms with Gasteiger partial charge in [0.1, 0.15) is 18.2 Å². The van der Waals surface area contributed by atoms with Gasteiger partial charge >= 0.3 is 0 Å². The number of ether oxygens (including phenoxy) is 1. The number of rotatable bonds is 3. The third-order valence-corrected chi connectivity index (χ3v) is 2.49. The zero-order chi connectivity index (χ0) is 9.80. The lowest BCUT2D eigenvalue weighted by Gasteiger charge is -2.11. The molecule has 1 aliphatic carbocycles. The third-order valence-electron chi connectivity index (χ3n) is 2.49. The second-order valence-electron chi connectivity index (χ2n) is 3.52. The number of aromatic nitrogens is 2. The maximum atomic E-state index is 5.73. The minimum Gasteiger partial charge on any atom is -0.474 e. The van der Waals surface area contributed by atoms with Gasteiger partial charge in [0.25, 0.3) is 0 Å². The van der Waals surface area contributed by atoms with Gasteiger partial charge in [-0.1, -0.05) is 0 Å². The Morgan fingerprint density at radius 3 is 2.86 bits per heavy atom. The van der Waals surface area contributed by atoms with Crippen molar-refractivity contribution in [2.24, 2.45) is 0 Å². The molecule has 14 heavy (non-hydrogen) atoms. The summed E-state index contributed by atoms with van der Waals surface area (Å²) in [5, 5.41) is 2.96. The molecular weight excluding hydrogens is 178 g/mol. The molecule has 2 rings (SSSR count). The van der Waals surface area contributed by atoms with Crippen molar-refractivity contribution in [2.75, 3.05) is 12.4 Å². The monoisotopic (exact) mass is 193 g/mol. The van der Waals surface area contributed by atoms with E-state index in [-0.39, 0.29) is 0 Å². The van der Waals surface area contributed by atoms with Crippen LogP contribution in [-0.2, 0) is 0 Å². The fraction of sp³-hybridized carbons (Fsp3) is 0.600. The molecular formula is C10H15N3O. The molecule has 0 saturated heterocycles. The first-order chi connectivity index (χ1) is 6.88. The van der Waals surface area contributed by atoms with Crippen LogP contribution in [0.25, 0.3) is 0 Å². The molecule has 1 heterocycles. The molecule has 1 aliphatic rings. The van der Waals surface area contributed by atoms with E-state index in [2.05, 4.69) is 15.3 Å². The van der Waals surface area contributed by atoms with Crippen LogP contribution < -0.4 is 10.1 Å². The molecule has 0 radical (unpaired) electrons. The van der Waals surface area contributed by atoms with Crippen LogP contribution in [0.15, 0.2) is 12.4 Å². The predicted octanol–water partition coefficient (Wildman–Crippen LogP) is 1.84. The van der Waals surface area contributed by atoms with Crippen LogP contribution in [0.1, 0.15) is 25.7 Å². The molecule has 0 atom stereocenters. The smallest absolute Gasteiger partial charge is 0.218 e. The molecule has 1 aromatic heterocycles. The summed E-state index contributed by atoms with van der Waals surface area (Å²) < 4.78 is 5.73. The molecule has 0 aliphatic heterocycles. The highest BCUT2D eigenvalue weighted by molar-refractivity contribution is 5.36. The van der Waals surface area contributed by atoms with E-state index >= 15 is 0 Å². The molecule has 1 N–H and O–H groups in total. The van der Waals surface area contributed by atoms with Crippen LogP contribution in [-0.4, -0.2) is 23.1 Å². The van der Waals surface area contributed by atoms with Gasteiger partial charge in [-0.25, -0.2) is 9.97 Å². The Bertz CT molecular complexity index is 297. The van der Waals surface area contributed by atoms with Crippen molar-refractivity contribution in [1.82, 2.24) is 9.97 Å². The SMILES string of the molecule is CNc1cc(OC2CCCC2)ncn1. The third kappa shape index (κ3) is 2.13. The molecule has 4 nitrogen and oxygen atoms in total. The van der Waals surface area contributed by atoms with Crippen molar-refractivity contribution < 1.29 is 4.74 Å². The maximum Gasteiger partial charge on any atom is 0.218 e. The Labute approximate surface area is 83.7 Å². The van der Waals surface area contributed by atoms with Crippen molar-refractivity contribution in [3.05, 3.63) is 12.4 Å². The average molecular weight is 193 g/mol. The quantitative estimate of drug-likeness (QED) is 0.795. The average Bonchev–Trinajstić information content (AvgIpc) is 2.71. The van der Waals surface area contributed by atoms with Crippen LogP contribution >= 0.6 is 0 Å². The van der Waals surface area contributed by atoms with Crippen LogP contribution in [0.4, 0.5) is 5.82 Å². The molecule has 4 heteroatoms. The Balaban J connectivity index is 2.00. The van der Waals surface area contributed by atoms with Gasteiger partial charge in [0, 0.05) is 13.1 Å². The fourth-order valence-electron chi connectivity index (χ4n) is 1.72. The van der Waals surface area contributed by atoms with Crippen molar-refractivity contribution in [3.63, 3.8) is 0 Å². The van der Waals surface area contributed by atoms with Crippen molar-refractivity contribution in [1.29, 1.82) is 0 Å². The van der Waals surface area contributed by atoms with Gasteiger partial charge in [-0.3, -0.25) is 0 Å². The second-order valence-corrected chi connectivity index (χ2v) is 3.52. The maximum absolute atomic E-state index is 5.73. The highest BCUT2D eigenvalue weighted by atomic mass is 16.5. The van der Waals surface area contributed by atoms with Crippen molar-refractivity contribution >= 4 is 5.82 Å². The summed E-state index contributed by atoms with van der Waals surface area (Å²) in [5.41, 5.74) is 0. The van der Waals surface area contributed by atoms with Crippen molar-refractivity contribution in [2.45, 2.75) is 31.8 Å². The molecule has 0 aromatic carbocycles. The van der Waals surface area contributed by atoms with Gasteiger partial charge in [-0.05, 0) is 25.7 Å². The zero-order valence-electron chi connectivity index (χ0n) is 8.36. The summed E-state index contributed by atoms with van der Waals surface area (Å²) in [6, 6.07) is 1.83. The largest absolute Gasteiger partial charge is 0.474 e. The van der Waals surface area contributed by atoms with Gasteiger partial charge in [-0.2, -0.15) is 0 Å². The molecule has 1 fully saturated rings. The zero-order valence-corrected chi connectivity index (χ0v) is 8.36. The van der Waals surface area contributed by atoms with E-state index in [9.17, 15) is 0 Å². The second kappa shape index (κ2) is 4.26. The first-order valence-corrected chi connectivity index (χ1v) is 5.05. The van der Waals surface area contributed by atoms with E-state index in [1.54, 1.807) is 0 Å². The Morgan fingerprint density at radius 1 is 1.36 bits per heavy atom. The number of hydrogen-bond acceptors (Lipinski definition) is 4. The Morgan fingerprint density at radius 2 is 2.14 bits per heavy atom. The molecule has 0 unspecified atom stereocenters. The molecule has 1 saturated carbocycles. The van der Waals surface area contributed by atoms with Gasteiger partial charge in [0.15, 0.2) is 0 Å². The molecule has 0 bridgehead atoms. The van der Waals surface area contributed by atoms with Gasteiger partial charge in [0.2, 0.25) is 5.88 Å². The molecule has 0 spiro atoms. The number of nitrogens with zero attached hydrogens (tertiary/aromatic N) is 2. The number of hydrogen-bond donors (Lipinski definition) is 1. The summed E-state index contributed by atoms with van der Waals surface area (Å²) in [5.74, 6) is 1.48. The minimum absolute atomic E-state index is 0.356. The fourth-order valence-corrected chi connectivity index (χ4v) is 1.72. The summed E-state index contributed by atoms with van der Waals surface area (Å²) in [6.45, 7) is 0. The highest BCUT2D eigenvalue weighted by Gasteiger charge is 2.16. The lowest BCUT2D eigenvalue weighted by Crippen LogP contribution is -2.12. The van der Waals surface area contributed by atoms with E-state index in [0.29, 0.717) is 12.0 Å². The van der Waals surface area contributed by atoms with E-state index < -0.39 is 0 Å². The standard InChI is InChI=1S/C10H15N3O/c1-11-9-6-10(13-7-12-9)14-8-4-2-3-5-8/h6-8H,2-5H2,1H3,(H,11,12,13). The van der Waals surface area contributed by atoms with Crippen LogP contribution in [0.3, 0.4) is 0 Å². The van der Waals surface area contributed by atoms with E-state index in [1.807, 2.05) is 13.1 Å². The van der Waals surface area contributed by atoms with Crippen LogP contribution in [0.2, 0.25) is 0 Å². The summed E-state index contributed by atoms with van der Waals surface area (Å²) in [7, 11) is 1.84. The Hall–Kier alpha value is -1.32. The molecule has 1 aromatic rings. The summed E-state index contributed by atoms with van der Waals surface area (Å²) in [6.07, 6.45) is 6.73. The molecule has 76 valence electrons. The van der Waals surface area contributed by atoms with E-state index in [1.165, 1.54) is 19.2 Å². The van der Waals surface area contributed by atoms with Gasteiger partial charge in [-0.15, -0.1) is 0 Å². The number of anilines is 1. The van der Waals surface area contributed by atoms with Crippen LogP contribution in [0.5, 0.6) is 5.88 Å². The first kappa shape index (κ1) is 9.24. The minimum atomic E-state index is 0.356. The van der Waals surface area contributed by atoms with Gasteiger partial charge in [0.05, 0.1) is 0 Å². The number of nitrogens with one attached hydrogen (secondary N) is 1. The predicted molar refractivity (Wildman–Crippen MR) is 54.5 cm³/mol. The van der Waals surface area contributed by atoms with Crippen molar-refractivity contribution in [3.8, 4) is 5.88 Å². The van der Waals surface area contributed by atoms with E-state index in [4.69, 9.17) is 4.74 Å². The highest BCUT2D eigenvalue weighted by Crippen LogP contribution is 2.23. The summed E-state index contributed by atoms with van der Waals surface area (Å²) >= 11 is 0. The van der Waals surface area contributed by atoms with E-state index in [0.717, 1.165) is 18.7 Å². The first-order valence-electron chi connectivity index (χ1n) is 5.05. The van der Waals surface area contributed by atoms with Gasteiger partial charge < -0.3 is 10.1 Å². The molecule has 0 amide bonds.